The van der Waals surface area contributed by atoms with Gasteiger partial charge in [0.05, 0.1) is 0 Å². The van der Waals surface area contributed by atoms with Crippen molar-refractivity contribution in [2.45, 2.75) is 109 Å². The Morgan fingerprint density at radius 1 is 0.619 bits per heavy atom. The van der Waals surface area contributed by atoms with Gasteiger partial charge in [0.2, 0.25) is 0 Å². The monoisotopic (exact) mass is 816 g/mol. The molecule has 0 heterocycles. The first-order valence-electron chi connectivity index (χ1n) is 24.3. The van der Waals surface area contributed by atoms with Crippen LogP contribution < -0.4 is 0 Å². The maximum atomic E-state index is 2.80. The lowest BCUT2D eigenvalue weighted by atomic mass is 9.58. The van der Waals surface area contributed by atoms with Crippen molar-refractivity contribution in [2.24, 2.45) is 23.7 Å². The van der Waals surface area contributed by atoms with Crippen LogP contribution in [0.5, 0.6) is 0 Å². The van der Waals surface area contributed by atoms with Crippen LogP contribution in [0.2, 0.25) is 0 Å². The summed E-state index contributed by atoms with van der Waals surface area (Å²) in [6, 6.07) is 27.7. The second-order valence-corrected chi connectivity index (χ2v) is 22.0. The van der Waals surface area contributed by atoms with E-state index in [1.165, 1.54) is 50.1 Å². The quantitative estimate of drug-likeness (QED) is 0.247. The molecule has 0 bridgehead atoms. The summed E-state index contributed by atoms with van der Waals surface area (Å²) in [6.07, 6.45) is 36.5. The van der Waals surface area contributed by atoms with E-state index >= 15 is 0 Å². The van der Waals surface area contributed by atoms with E-state index < -0.39 is 0 Å². The van der Waals surface area contributed by atoms with Crippen LogP contribution >= 0.6 is 0 Å². The Morgan fingerprint density at radius 2 is 1.33 bits per heavy atom. The minimum absolute atomic E-state index is 0.0336. The summed E-state index contributed by atoms with van der Waals surface area (Å²) in [5.41, 5.74) is 29.5. The average molecular weight is 817 g/mol. The zero-order valence-corrected chi connectivity index (χ0v) is 38.1. The second kappa shape index (κ2) is 13.3. The maximum absolute atomic E-state index is 2.80. The Labute approximate surface area is 376 Å². The fourth-order valence-corrected chi connectivity index (χ4v) is 14.8. The molecule has 3 aromatic carbocycles. The minimum Gasteiger partial charge on any atom is -0.0839 e. The maximum Gasteiger partial charge on any atom is 0.0155 e. The molecule has 0 amide bonds. The lowest BCUT2D eigenvalue weighted by molar-refractivity contribution is 0.363. The Balaban J connectivity index is 0.941. The predicted molar refractivity (Wildman–Crippen MR) is 263 cm³/mol. The largest absolute Gasteiger partial charge is 0.0839 e. The number of allylic oxidation sites excluding steroid dienone is 24. The lowest BCUT2D eigenvalue weighted by Gasteiger charge is -2.46. The molecule has 0 spiro atoms. The number of benzene rings is 3. The molecule has 0 saturated heterocycles. The molecule has 10 aliphatic carbocycles. The summed E-state index contributed by atoms with van der Waals surface area (Å²) in [5.74, 6) is 2.13. The van der Waals surface area contributed by atoms with Crippen molar-refractivity contribution in [3.63, 3.8) is 0 Å². The third-order valence-electron chi connectivity index (χ3n) is 18.0. The molecule has 63 heavy (non-hydrogen) atoms. The molecule has 0 nitrogen and oxygen atoms in total. The highest BCUT2D eigenvalue weighted by Gasteiger charge is 2.47. The zero-order chi connectivity index (χ0) is 42.6. The average Bonchev–Trinajstić information content (AvgIpc) is 3.80. The van der Waals surface area contributed by atoms with Crippen LogP contribution in [-0.2, 0) is 16.2 Å². The highest BCUT2D eigenvalue weighted by atomic mass is 14.5. The van der Waals surface area contributed by atoms with Crippen molar-refractivity contribution in [1.82, 2.24) is 0 Å². The van der Waals surface area contributed by atoms with Gasteiger partial charge in [0.1, 0.15) is 0 Å². The SMILES string of the molecule is CC1(C)C2=C(CCC(C3=CC4=C(CC3)C(C3=CCC5C(=C3)C(C)(C)c3ccccc35)=CC3C4C=C(C4C=CC5=C(C4)C(C)(C)c4ccccc45)C4=CC=CCC43)=C2)c2ccccc21. The zero-order valence-electron chi connectivity index (χ0n) is 38.1. The number of hydrogen-bond acceptors (Lipinski definition) is 0. The van der Waals surface area contributed by atoms with E-state index in [-0.39, 0.29) is 16.2 Å². The second-order valence-electron chi connectivity index (χ2n) is 22.0. The van der Waals surface area contributed by atoms with E-state index in [0.717, 1.165) is 44.9 Å². The van der Waals surface area contributed by atoms with Crippen LogP contribution in [-0.4, -0.2) is 0 Å². The molecular weight excluding hydrogens is 757 g/mol. The molecule has 3 aromatic rings. The normalized spacial score (nSPS) is 29.6. The van der Waals surface area contributed by atoms with E-state index in [4.69, 9.17) is 0 Å². The Bertz CT molecular complexity index is 3000. The molecule has 0 radical (unpaired) electrons. The van der Waals surface area contributed by atoms with Crippen LogP contribution in [0, 0.1) is 23.7 Å². The highest BCUT2D eigenvalue weighted by Crippen LogP contribution is 2.60. The molecule has 5 unspecified atom stereocenters. The van der Waals surface area contributed by atoms with Crippen LogP contribution in [0.4, 0.5) is 0 Å². The summed E-state index contributed by atoms with van der Waals surface area (Å²) in [6.45, 7) is 14.8. The first kappa shape index (κ1) is 38.0. The van der Waals surface area contributed by atoms with Gasteiger partial charge in [0, 0.05) is 34.0 Å². The third-order valence-corrected chi connectivity index (χ3v) is 18.0. The number of fused-ring (bicyclic) bond motifs is 11. The van der Waals surface area contributed by atoms with E-state index in [1.54, 1.807) is 55.7 Å². The van der Waals surface area contributed by atoms with Crippen molar-refractivity contribution in [3.8, 4) is 0 Å². The van der Waals surface area contributed by atoms with Crippen molar-refractivity contribution in [3.05, 3.63) is 234 Å². The molecule has 5 atom stereocenters. The molecule has 13 rings (SSSR count). The number of hydrogen-bond donors (Lipinski definition) is 0. The predicted octanol–water partition coefficient (Wildman–Crippen LogP) is 15.7. The molecule has 0 heteroatoms. The van der Waals surface area contributed by atoms with Crippen molar-refractivity contribution in [1.29, 1.82) is 0 Å². The summed E-state index contributed by atoms with van der Waals surface area (Å²) >= 11 is 0. The molecule has 0 aromatic heterocycles. The minimum atomic E-state index is 0.0336. The fraction of sp³-hybridized carbons (Fsp3) is 0.333. The van der Waals surface area contributed by atoms with Gasteiger partial charge in [-0.05, 0) is 151 Å². The molecule has 0 fully saturated rings. The standard InChI is InChI=1S/C63H60/c1-61(2)55-20-12-9-17-44(55)47-28-24-38(32-58(47)61)37-23-27-43-51(40-26-30-49-46-19-11-14-22-57(46)63(5,6)60(49)34-40)35-53-42-16-8-7-15-41(42)50(36-54(53)52(43)31-37)39-25-29-48-45-18-10-13-21-56(45)62(3,4)59(48)33-39/h7-15,17-22,25-26,29,31-32,34-36,39,42,49,53-54H,16,23-24,27-28,30,33H2,1-6H3. The van der Waals surface area contributed by atoms with Gasteiger partial charge >= 0.3 is 0 Å². The Hall–Kier alpha value is -5.46. The van der Waals surface area contributed by atoms with Gasteiger partial charge in [0.25, 0.3) is 0 Å². The smallest absolute Gasteiger partial charge is 0.0155 e. The van der Waals surface area contributed by atoms with Crippen LogP contribution in [0.3, 0.4) is 0 Å². The van der Waals surface area contributed by atoms with E-state index in [9.17, 15) is 0 Å². The molecular formula is C63H60. The van der Waals surface area contributed by atoms with Gasteiger partial charge in [-0.25, -0.2) is 0 Å². The Kier molecular flexibility index (Phi) is 8.03. The fourth-order valence-electron chi connectivity index (χ4n) is 14.8. The van der Waals surface area contributed by atoms with E-state index in [1.807, 2.05) is 0 Å². The van der Waals surface area contributed by atoms with E-state index in [0.29, 0.717) is 29.6 Å². The van der Waals surface area contributed by atoms with Crippen LogP contribution in [0.25, 0.3) is 11.1 Å². The van der Waals surface area contributed by atoms with Gasteiger partial charge < -0.3 is 0 Å². The molecule has 312 valence electrons. The lowest BCUT2D eigenvalue weighted by Crippen LogP contribution is -2.35. The molecule has 0 N–H and O–H groups in total. The van der Waals surface area contributed by atoms with Crippen molar-refractivity contribution < 1.29 is 0 Å². The third kappa shape index (κ3) is 5.28. The number of rotatable bonds is 3. The van der Waals surface area contributed by atoms with Gasteiger partial charge in [-0.2, -0.15) is 0 Å². The topological polar surface area (TPSA) is 0 Å². The molecule has 0 aliphatic heterocycles. The summed E-state index contributed by atoms with van der Waals surface area (Å²) < 4.78 is 0. The van der Waals surface area contributed by atoms with Crippen LogP contribution in [0.1, 0.15) is 126 Å². The van der Waals surface area contributed by atoms with Gasteiger partial charge in [-0.1, -0.05) is 192 Å². The highest BCUT2D eigenvalue weighted by molar-refractivity contribution is 5.87. The Morgan fingerprint density at radius 3 is 2.16 bits per heavy atom. The first-order chi connectivity index (χ1) is 30.5. The van der Waals surface area contributed by atoms with Crippen molar-refractivity contribution in [2.75, 3.05) is 0 Å². The molecule has 10 aliphatic rings. The summed E-state index contributed by atoms with van der Waals surface area (Å²) in [5, 5.41) is 0. The van der Waals surface area contributed by atoms with Gasteiger partial charge in [-0.15, -0.1) is 0 Å². The summed E-state index contributed by atoms with van der Waals surface area (Å²) in [7, 11) is 0. The van der Waals surface area contributed by atoms with E-state index in [2.05, 4.69) is 181 Å². The summed E-state index contributed by atoms with van der Waals surface area (Å²) in [4.78, 5) is 0. The van der Waals surface area contributed by atoms with Gasteiger partial charge in [0.15, 0.2) is 0 Å². The molecule has 0 saturated carbocycles. The first-order valence-corrected chi connectivity index (χ1v) is 24.3. The van der Waals surface area contributed by atoms with Crippen molar-refractivity contribution >= 4 is 11.1 Å². The van der Waals surface area contributed by atoms with Crippen LogP contribution in [0.15, 0.2) is 201 Å². The van der Waals surface area contributed by atoms with Gasteiger partial charge in [-0.3, -0.25) is 0 Å².